The summed E-state index contributed by atoms with van der Waals surface area (Å²) in [6, 6.07) is 0. The number of rotatable bonds is 5. The topological polar surface area (TPSA) is 20.3 Å². The van der Waals surface area contributed by atoms with Gasteiger partial charge in [0, 0.05) is 13.1 Å². The first-order valence-electron chi connectivity index (χ1n) is 3.54. The second-order valence-corrected chi connectivity index (χ2v) is 2.92. The Kier molecular flexibility index (Phi) is 4.27. The molecule has 11 heavy (non-hydrogen) atoms. The van der Waals surface area contributed by atoms with E-state index >= 15 is 0 Å². The van der Waals surface area contributed by atoms with E-state index in [0.717, 1.165) is 17.6 Å². The molecule has 0 saturated heterocycles. The molecule has 0 fully saturated rings. The second kappa shape index (κ2) is 4.72. The van der Waals surface area contributed by atoms with Gasteiger partial charge in [0.05, 0.1) is 0 Å². The van der Waals surface area contributed by atoms with Gasteiger partial charge in [0.1, 0.15) is 0 Å². The molecule has 62 valence electrons. The van der Waals surface area contributed by atoms with Crippen LogP contribution in [0.4, 0.5) is 0 Å². The van der Waals surface area contributed by atoms with Gasteiger partial charge >= 0.3 is 0 Å². The predicted octanol–water partition coefficient (Wildman–Crippen LogP) is 1.60. The van der Waals surface area contributed by atoms with Crippen LogP contribution in [0.2, 0.25) is 0 Å². The fourth-order valence-corrected chi connectivity index (χ4v) is 0.824. The van der Waals surface area contributed by atoms with Crippen LogP contribution in [0.25, 0.3) is 0 Å². The molecule has 2 nitrogen and oxygen atoms in total. The van der Waals surface area contributed by atoms with Gasteiger partial charge in [-0.3, -0.25) is 4.79 Å². The maximum absolute atomic E-state index is 10.4. The smallest absolute Gasteiger partial charge is 0.210 e. The zero-order chi connectivity index (χ0) is 8.85. The molecule has 0 aliphatic heterocycles. The molecule has 0 aromatic heterocycles. The van der Waals surface area contributed by atoms with E-state index in [2.05, 4.69) is 13.2 Å². The summed E-state index contributed by atoms with van der Waals surface area (Å²) < 4.78 is 0. The Balaban J connectivity index is 3.85. The highest BCUT2D eigenvalue weighted by molar-refractivity contribution is 5.48. The first-order valence-corrected chi connectivity index (χ1v) is 3.54. The van der Waals surface area contributed by atoms with Gasteiger partial charge in [0.25, 0.3) is 0 Å². The fourth-order valence-electron chi connectivity index (χ4n) is 0.824. The Hall–Kier alpha value is -1.05. The van der Waals surface area contributed by atoms with Crippen LogP contribution >= 0.6 is 0 Å². The van der Waals surface area contributed by atoms with Crippen molar-refractivity contribution in [1.29, 1.82) is 0 Å². The molecule has 2 heteroatoms. The maximum atomic E-state index is 10.4. The van der Waals surface area contributed by atoms with E-state index in [0.29, 0.717) is 13.1 Å². The minimum absolute atomic E-state index is 0.621. The molecule has 0 unspecified atom stereocenters. The summed E-state index contributed by atoms with van der Waals surface area (Å²) in [5, 5.41) is 0. The summed E-state index contributed by atoms with van der Waals surface area (Å²) in [7, 11) is 0. The predicted molar refractivity (Wildman–Crippen MR) is 47.3 cm³/mol. The number of hydrogen-bond acceptors (Lipinski definition) is 1. The lowest BCUT2D eigenvalue weighted by Crippen LogP contribution is -2.25. The van der Waals surface area contributed by atoms with Crippen LogP contribution in [0, 0.1) is 0 Å². The molecule has 0 heterocycles. The lowest BCUT2D eigenvalue weighted by molar-refractivity contribution is -0.117. The molecule has 0 N–H and O–H groups in total. The molecule has 1 amide bonds. The summed E-state index contributed by atoms with van der Waals surface area (Å²) >= 11 is 0. The van der Waals surface area contributed by atoms with Gasteiger partial charge in [-0.1, -0.05) is 24.3 Å². The summed E-state index contributed by atoms with van der Waals surface area (Å²) in [5.41, 5.74) is 1.97. The van der Waals surface area contributed by atoms with Crippen molar-refractivity contribution < 1.29 is 4.79 Å². The Morgan fingerprint density at radius 1 is 1.27 bits per heavy atom. The normalized spacial score (nSPS) is 8.91. The molecular weight excluding hydrogens is 138 g/mol. The Morgan fingerprint density at radius 3 is 1.82 bits per heavy atom. The van der Waals surface area contributed by atoms with Crippen molar-refractivity contribution in [2.45, 2.75) is 13.8 Å². The molecule has 0 radical (unpaired) electrons. The number of carbonyl (C=O) groups excluding carboxylic acids is 1. The van der Waals surface area contributed by atoms with Crippen molar-refractivity contribution in [2.24, 2.45) is 0 Å². The first-order chi connectivity index (χ1) is 5.06. The molecule has 0 atom stereocenters. The highest BCUT2D eigenvalue weighted by Gasteiger charge is 1.99. The van der Waals surface area contributed by atoms with E-state index in [-0.39, 0.29) is 0 Å². The van der Waals surface area contributed by atoms with E-state index in [1.54, 1.807) is 4.90 Å². The van der Waals surface area contributed by atoms with Gasteiger partial charge in [-0.25, -0.2) is 0 Å². The Bertz CT molecular complexity index is 156. The van der Waals surface area contributed by atoms with Crippen LogP contribution in [0.3, 0.4) is 0 Å². The number of amides is 1. The monoisotopic (exact) mass is 153 g/mol. The molecule has 0 aromatic carbocycles. The summed E-state index contributed by atoms with van der Waals surface area (Å²) in [5.74, 6) is 0. The molecule has 0 bridgehead atoms. The van der Waals surface area contributed by atoms with E-state index < -0.39 is 0 Å². The molecule has 0 aliphatic carbocycles. The van der Waals surface area contributed by atoms with Crippen LogP contribution in [-0.2, 0) is 4.79 Å². The second-order valence-electron chi connectivity index (χ2n) is 2.92. The lowest BCUT2D eigenvalue weighted by Gasteiger charge is -2.16. The molecule has 0 rings (SSSR count). The van der Waals surface area contributed by atoms with Gasteiger partial charge in [0.2, 0.25) is 6.41 Å². The molecule has 0 saturated carbocycles. The van der Waals surface area contributed by atoms with Crippen molar-refractivity contribution in [3.05, 3.63) is 24.3 Å². The van der Waals surface area contributed by atoms with Crippen molar-refractivity contribution in [3.63, 3.8) is 0 Å². The van der Waals surface area contributed by atoms with Gasteiger partial charge < -0.3 is 4.90 Å². The minimum atomic E-state index is 0.621. The number of hydrogen-bond donors (Lipinski definition) is 0. The van der Waals surface area contributed by atoms with Crippen LogP contribution in [0.1, 0.15) is 13.8 Å². The van der Waals surface area contributed by atoms with Gasteiger partial charge in [-0.05, 0) is 13.8 Å². The van der Waals surface area contributed by atoms with Crippen molar-refractivity contribution in [1.82, 2.24) is 4.90 Å². The van der Waals surface area contributed by atoms with E-state index in [1.165, 1.54) is 0 Å². The summed E-state index contributed by atoms with van der Waals surface area (Å²) in [6.07, 6.45) is 0.823. The molecule has 0 spiro atoms. The van der Waals surface area contributed by atoms with E-state index in [4.69, 9.17) is 0 Å². The zero-order valence-electron chi connectivity index (χ0n) is 7.26. The Labute approximate surface area is 68.2 Å². The van der Waals surface area contributed by atoms with E-state index in [9.17, 15) is 4.79 Å². The zero-order valence-corrected chi connectivity index (χ0v) is 7.26. The summed E-state index contributed by atoms with van der Waals surface area (Å²) in [4.78, 5) is 12.1. The van der Waals surface area contributed by atoms with Crippen molar-refractivity contribution in [3.8, 4) is 0 Å². The van der Waals surface area contributed by atoms with Gasteiger partial charge in [-0.2, -0.15) is 0 Å². The Morgan fingerprint density at radius 2 is 1.64 bits per heavy atom. The lowest BCUT2D eigenvalue weighted by atomic mass is 10.3. The number of nitrogens with zero attached hydrogens (tertiary/aromatic N) is 1. The van der Waals surface area contributed by atoms with Gasteiger partial charge in [-0.15, -0.1) is 0 Å². The van der Waals surface area contributed by atoms with Crippen LogP contribution in [-0.4, -0.2) is 24.4 Å². The van der Waals surface area contributed by atoms with Crippen molar-refractivity contribution >= 4 is 6.41 Å². The molecule has 0 aromatic rings. The molecular formula is C9H15NO. The molecule has 0 aliphatic rings. The summed E-state index contributed by atoms with van der Waals surface area (Å²) in [6.45, 7) is 12.5. The van der Waals surface area contributed by atoms with E-state index in [1.807, 2.05) is 13.8 Å². The first kappa shape index (κ1) is 9.95. The van der Waals surface area contributed by atoms with Gasteiger partial charge in [0.15, 0.2) is 0 Å². The van der Waals surface area contributed by atoms with Crippen LogP contribution < -0.4 is 0 Å². The third kappa shape index (κ3) is 5.40. The maximum Gasteiger partial charge on any atom is 0.210 e. The highest BCUT2D eigenvalue weighted by atomic mass is 16.1. The largest absolute Gasteiger partial charge is 0.337 e. The fraction of sp³-hybridized carbons (Fsp3) is 0.444. The number of carbonyl (C=O) groups is 1. The SMILES string of the molecule is C=C(C)CN(C=O)CC(=C)C. The third-order valence-corrected chi connectivity index (χ3v) is 1.10. The average Bonchev–Trinajstić information content (AvgIpc) is 1.84. The minimum Gasteiger partial charge on any atom is -0.337 e. The quantitative estimate of drug-likeness (QED) is 0.434. The average molecular weight is 153 g/mol. The van der Waals surface area contributed by atoms with Crippen LogP contribution in [0.5, 0.6) is 0 Å². The van der Waals surface area contributed by atoms with Crippen molar-refractivity contribution in [2.75, 3.05) is 13.1 Å². The standard InChI is InChI=1S/C9H15NO/c1-8(2)5-10(7-11)6-9(3)4/h7H,1,3,5-6H2,2,4H3. The van der Waals surface area contributed by atoms with Crippen LogP contribution in [0.15, 0.2) is 24.3 Å². The highest BCUT2D eigenvalue weighted by Crippen LogP contribution is 1.96. The third-order valence-electron chi connectivity index (χ3n) is 1.10.